The molecule has 0 N–H and O–H groups in total. The fraction of sp³-hybridized carbons (Fsp3) is 0.632. The number of ether oxygens (including phenoxy) is 1. The fourth-order valence-corrected chi connectivity index (χ4v) is 1.49. The molecule has 0 bridgehead atoms. The molecule has 1 rings (SSSR count). The first-order chi connectivity index (χ1) is 10.1. The maximum Gasteiger partial charge on any atom is 0.163 e. The molecule has 21 heavy (non-hydrogen) atoms. The molecule has 0 radical (unpaired) electrons. The van der Waals surface area contributed by atoms with E-state index in [4.69, 9.17) is 4.74 Å². The van der Waals surface area contributed by atoms with Crippen LogP contribution in [0.4, 0.5) is 0 Å². The molecular weight excluding hydrogens is 260 g/mol. The van der Waals surface area contributed by atoms with Crippen molar-refractivity contribution in [3.05, 3.63) is 28.8 Å². The molecule has 0 fully saturated rings. The lowest BCUT2D eigenvalue weighted by molar-refractivity contribution is 0.101. The van der Waals surface area contributed by atoms with Crippen LogP contribution in [0.3, 0.4) is 0 Å². The Hall–Kier alpha value is -1.31. The summed E-state index contributed by atoms with van der Waals surface area (Å²) in [7, 11) is 1.59. The number of hydrogen-bond donors (Lipinski definition) is 0. The van der Waals surface area contributed by atoms with E-state index < -0.39 is 0 Å². The largest absolute Gasteiger partial charge is 0.496 e. The van der Waals surface area contributed by atoms with E-state index in [-0.39, 0.29) is 5.78 Å². The third-order valence-corrected chi connectivity index (χ3v) is 2.00. The van der Waals surface area contributed by atoms with E-state index in [2.05, 4.69) is 0 Å². The molecule has 0 atom stereocenters. The van der Waals surface area contributed by atoms with Gasteiger partial charge in [0.05, 0.1) is 12.7 Å². The molecule has 0 aromatic heterocycles. The zero-order chi connectivity index (χ0) is 18.0. The molecule has 2 heteroatoms. The number of carbonyl (C=O) groups excluding carboxylic acids is 1. The maximum absolute atomic E-state index is 11.2. The third-order valence-electron chi connectivity index (χ3n) is 2.00. The number of carbonyl (C=O) groups is 1. The predicted octanol–water partition coefficient (Wildman–Crippen LogP) is 6.62. The van der Waals surface area contributed by atoms with Crippen molar-refractivity contribution in [2.45, 2.75) is 76.2 Å². The normalized spacial score (nSPS) is 7.24. The molecule has 1 aromatic rings. The van der Waals surface area contributed by atoms with Crippen molar-refractivity contribution in [2.24, 2.45) is 0 Å². The maximum atomic E-state index is 11.2. The summed E-state index contributed by atoms with van der Waals surface area (Å²) in [6, 6.07) is 3.86. The van der Waals surface area contributed by atoms with Crippen LogP contribution in [0.2, 0.25) is 0 Å². The van der Waals surface area contributed by atoms with Gasteiger partial charge in [-0.3, -0.25) is 4.79 Å². The van der Waals surface area contributed by atoms with E-state index in [9.17, 15) is 4.79 Å². The summed E-state index contributed by atoms with van der Waals surface area (Å²) in [6.07, 6.45) is 0. The van der Waals surface area contributed by atoms with E-state index in [1.807, 2.05) is 81.4 Å². The van der Waals surface area contributed by atoms with Gasteiger partial charge in [-0.15, -0.1) is 0 Å². The molecule has 0 amide bonds. The molecule has 0 heterocycles. The Kier molecular flexibility index (Phi) is 27.9. The van der Waals surface area contributed by atoms with Gasteiger partial charge in [-0.2, -0.15) is 0 Å². The predicted molar refractivity (Wildman–Crippen MR) is 97.9 cm³/mol. The topological polar surface area (TPSA) is 26.3 Å². The minimum Gasteiger partial charge on any atom is -0.496 e. The zero-order valence-electron chi connectivity index (χ0n) is 16.5. The van der Waals surface area contributed by atoms with Crippen LogP contribution in [-0.2, 0) is 0 Å². The summed E-state index contributed by atoms with van der Waals surface area (Å²) in [5.74, 6) is 0.738. The second kappa shape index (κ2) is 21.0. The van der Waals surface area contributed by atoms with Gasteiger partial charge in [0.2, 0.25) is 0 Å². The number of benzene rings is 1. The average molecular weight is 299 g/mol. The standard InChI is InChI=1S/C11H14O2.4C2H6/c1-7-5-8(2)11(13-4)10(6-7)9(3)12;4*1-2/h5-6H,1-4H3;4*1-2H3. The Morgan fingerprint density at radius 3 is 1.52 bits per heavy atom. The quantitative estimate of drug-likeness (QED) is 0.573. The van der Waals surface area contributed by atoms with Crippen molar-refractivity contribution >= 4 is 5.78 Å². The lowest BCUT2D eigenvalue weighted by Gasteiger charge is -2.10. The summed E-state index contributed by atoms with van der Waals surface area (Å²) in [4.78, 5) is 11.2. The first kappa shape index (κ1) is 27.9. The van der Waals surface area contributed by atoms with Crippen LogP contribution in [0.1, 0.15) is 83.8 Å². The molecule has 0 aliphatic heterocycles. The van der Waals surface area contributed by atoms with Crippen molar-refractivity contribution in [2.75, 3.05) is 7.11 Å². The van der Waals surface area contributed by atoms with E-state index >= 15 is 0 Å². The molecule has 126 valence electrons. The van der Waals surface area contributed by atoms with E-state index in [0.29, 0.717) is 11.3 Å². The third kappa shape index (κ3) is 12.2. The van der Waals surface area contributed by atoms with E-state index in [1.165, 1.54) is 0 Å². The Morgan fingerprint density at radius 1 is 0.857 bits per heavy atom. The highest BCUT2D eigenvalue weighted by molar-refractivity contribution is 5.97. The van der Waals surface area contributed by atoms with Gasteiger partial charge in [-0.1, -0.05) is 61.5 Å². The van der Waals surface area contributed by atoms with Crippen molar-refractivity contribution in [1.82, 2.24) is 0 Å². The van der Waals surface area contributed by atoms with Crippen LogP contribution in [0.15, 0.2) is 12.1 Å². The summed E-state index contributed by atoms with van der Waals surface area (Å²) >= 11 is 0. The van der Waals surface area contributed by atoms with Gasteiger partial charge in [0.15, 0.2) is 5.78 Å². The molecule has 0 spiro atoms. The van der Waals surface area contributed by atoms with Crippen molar-refractivity contribution in [1.29, 1.82) is 0 Å². The molecule has 0 aliphatic rings. The number of methoxy groups -OCH3 is 1. The number of aryl methyl sites for hydroxylation is 2. The number of ketones is 1. The highest BCUT2D eigenvalue weighted by Gasteiger charge is 2.10. The van der Waals surface area contributed by atoms with Crippen LogP contribution in [-0.4, -0.2) is 12.9 Å². The first-order valence-corrected chi connectivity index (χ1v) is 8.22. The monoisotopic (exact) mass is 298 g/mol. The average Bonchev–Trinajstić information content (AvgIpc) is 2.54. The summed E-state index contributed by atoms with van der Waals surface area (Å²) in [5, 5.41) is 0. The summed E-state index contributed by atoms with van der Waals surface area (Å²) in [5.41, 5.74) is 2.76. The Balaban J connectivity index is -0.000000156. The van der Waals surface area contributed by atoms with E-state index in [1.54, 1.807) is 14.0 Å². The van der Waals surface area contributed by atoms with Gasteiger partial charge >= 0.3 is 0 Å². The van der Waals surface area contributed by atoms with Gasteiger partial charge in [0.25, 0.3) is 0 Å². The van der Waals surface area contributed by atoms with Gasteiger partial charge in [0, 0.05) is 0 Å². The van der Waals surface area contributed by atoms with Crippen molar-refractivity contribution in [3.63, 3.8) is 0 Å². The molecular formula is C19H38O2. The number of Topliss-reactive ketones (excluding diaryl/α,β-unsaturated/α-hetero) is 1. The Morgan fingerprint density at radius 2 is 1.24 bits per heavy atom. The number of rotatable bonds is 2. The van der Waals surface area contributed by atoms with Crippen LogP contribution in [0.25, 0.3) is 0 Å². The van der Waals surface area contributed by atoms with Crippen LogP contribution in [0.5, 0.6) is 5.75 Å². The van der Waals surface area contributed by atoms with E-state index in [0.717, 1.165) is 11.1 Å². The lowest BCUT2D eigenvalue weighted by Crippen LogP contribution is -2.00. The SMILES string of the molecule is CC.CC.CC.CC.COc1c(C)cc(C)cc1C(C)=O. The van der Waals surface area contributed by atoms with Crippen molar-refractivity contribution < 1.29 is 9.53 Å². The summed E-state index contributed by atoms with van der Waals surface area (Å²) in [6.45, 7) is 21.5. The van der Waals surface area contributed by atoms with Gasteiger partial charge in [-0.25, -0.2) is 0 Å². The lowest BCUT2D eigenvalue weighted by atomic mass is 10.0. The molecule has 1 aromatic carbocycles. The Labute approximate surface area is 133 Å². The molecule has 2 nitrogen and oxygen atoms in total. The van der Waals surface area contributed by atoms with Gasteiger partial charge in [-0.05, 0) is 38.0 Å². The second-order valence-electron chi connectivity index (χ2n) is 3.22. The molecule has 0 unspecified atom stereocenters. The highest BCUT2D eigenvalue weighted by Crippen LogP contribution is 2.25. The van der Waals surface area contributed by atoms with Gasteiger partial charge < -0.3 is 4.74 Å². The van der Waals surface area contributed by atoms with Crippen molar-refractivity contribution in [3.8, 4) is 5.75 Å². The van der Waals surface area contributed by atoms with Gasteiger partial charge in [0.1, 0.15) is 5.75 Å². The molecule has 0 aliphatic carbocycles. The fourth-order valence-electron chi connectivity index (χ4n) is 1.49. The van der Waals surface area contributed by atoms with Crippen LogP contribution < -0.4 is 4.74 Å². The highest BCUT2D eigenvalue weighted by atomic mass is 16.5. The molecule has 0 saturated carbocycles. The number of hydrogen-bond acceptors (Lipinski definition) is 2. The smallest absolute Gasteiger partial charge is 0.163 e. The summed E-state index contributed by atoms with van der Waals surface area (Å²) < 4.78 is 5.17. The van der Waals surface area contributed by atoms with Crippen LogP contribution >= 0.6 is 0 Å². The zero-order valence-corrected chi connectivity index (χ0v) is 16.5. The second-order valence-corrected chi connectivity index (χ2v) is 3.22. The first-order valence-electron chi connectivity index (χ1n) is 8.22. The minimum absolute atomic E-state index is 0.0450. The molecule has 0 saturated heterocycles. The Bertz CT molecular complexity index is 342. The minimum atomic E-state index is 0.0450. The van der Waals surface area contributed by atoms with Crippen LogP contribution in [0, 0.1) is 13.8 Å².